The lowest BCUT2D eigenvalue weighted by atomic mass is 10.3. The molecule has 0 aromatic carbocycles. The maximum Gasteiger partial charge on any atom is 0.244 e. The highest BCUT2D eigenvalue weighted by Gasteiger charge is 2.31. The van der Waals surface area contributed by atoms with Crippen LogP contribution in [-0.2, 0) is 24.8 Å². The number of aromatic nitrogens is 1. The Morgan fingerprint density at radius 3 is 2.11 bits per heavy atom. The zero-order chi connectivity index (χ0) is 20.4. The van der Waals surface area contributed by atoms with Gasteiger partial charge in [0.2, 0.25) is 26.0 Å². The smallest absolute Gasteiger partial charge is 0.244 e. The van der Waals surface area contributed by atoms with Gasteiger partial charge in [-0.05, 0) is 12.1 Å². The quantitative estimate of drug-likeness (QED) is 0.557. The van der Waals surface area contributed by atoms with E-state index in [0.717, 1.165) is 0 Å². The van der Waals surface area contributed by atoms with Gasteiger partial charge in [0, 0.05) is 64.8 Å². The first-order chi connectivity index (χ1) is 13.2. The highest BCUT2D eigenvalue weighted by Crippen LogP contribution is 2.16. The standard InChI is InChI=1S/C16H25N5O5S2/c1-27(23,24)20-11-7-19(8-12-20)16(22)14-18-5-9-21(10-6-18)28(25,26)15-3-2-4-17-13-15/h2-4,13H,5-12,14H2,1H3. The normalized spacial score (nSPS) is 21.0. The van der Waals surface area contributed by atoms with Crippen LogP contribution in [0, 0.1) is 0 Å². The zero-order valence-electron chi connectivity index (χ0n) is 15.8. The van der Waals surface area contributed by atoms with Crippen molar-refractivity contribution in [2.45, 2.75) is 4.90 Å². The Balaban J connectivity index is 1.49. The number of amides is 1. The van der Waals surface area contributed by atoms with Crippen molar-refractivity contribution in [1.29, 1.82) is 0 Å². The molecule has 3 heterocycles. The summed E-state index contributed by atoms with van der Waals surface area (Å²) in [5.41, 5.74) is 0. The second-order valence-corrected chi connectivity index (χ2v) is 10.8. The lowest BCUT2D eigenvalue weighted by Gasteiger charge is -2.37. The molecular formula is C16H25N5O5S2. The van der Waals surface area contributed by atoms with Gasteiger partial charge in [0.05, 0.1) is 12.8 Å². The third kappa shape index (κ3) is 4.87. The SMILES string of the molecule is CS(=O)(=O)N1CCN(C(=O)CN2CCN(S(=O)(=O)c3cccnc3)CC2)CC1. The van der Waals surface area contributed by atoms with Gasteiger partial charge in [0.25, 0.3) is 0 Å². The van der Waals surface area contributed by atoms with E-state index in [-0.39, 0.29) is 17.3 Å². The molecule has 0 saturated carbocycles. The first kappa shape index (κ1) is 21.1. The average Bonchev–Trinajstić information content (AvgIpc) is 2.68. The average molecular weight is 432 g/mol. The van der Waals surface area contributed by atoms with Crippen LogP contribution in [0.15, 0.2) is 29.4 Å². The van der Waals surface area contributed by atoms with Crippen molar-refractivity contribution in [2.24, 2.45) is 0 Å². The molecule has 1 aromatic rings. The Morgan fingerprint density at radius 2 is 1.57 bits per heavy atom. The Hall–Kier alpha value is -1.60. The van der Waals surface area contributed by atoms with Crippen LogP contribution in [0.5, 0.6) is 0 Å². The van der Waals surface area contributed by atoms with Crippen molar-refractivity contribution >= 4 is 26.0 Å². The minimum absolute atomic E-state index is 0.0586. The molecule has 0 atom stereocenters. The maximum atomic E-state index is 12.6. The van der Waals surface area contributed by atoms with Gasteiger partial charge in [-0.25, -0.2) is 16.8 Å². The largest absolute Gasteiger partial charge is 0.339 e. The summed E-state index contributed by atoms with van der Waals surface area (Å²) in [5, 5.41) is 0. The van der Waals surface area contributed by atoms with Gasteiger partial charge >= 0.3 is 0 Å². The number of nitrogens with zero attached hydrogens (tertiary/aromatic N) is 5. The summed E-state index contributed by atoms with van der Waals surface area (Å²) >= 11 is 0. The molecule has 3 rings (SSSR count). The van der Waals surface area contributed by atoms with E-state index in [2.05, 4.69) is 4.98 Å². The molecular weight excluding hydrogens is 406 g/mol. The first-order valence-corrected chi connectivity index (χ1v) is 12.3. The van der Waals surface area contributed by atoms with E-state index in [4.69, 9.17) is 0 Å². The van der Waals surface area contributed by atoms with Gasteiger partial charge < -0.3 is 4.90 Å². The van der Waals surface area contributed by atoms with Crippen LogP contribution in [0.2, 0.25) is 0 Å². The summed E-state index contributed by atoms with van der Waals surface area (Å²) in [6.45, 7) is 3.13. The third-order valence-electron chi connectivity index (χ3n) is 5.02. The predicted octanol–water partition coefficient (Wildman–Crippen LogP) is -1.51. The number of rotatable bonds is 5. The molecule has 0 radical (unpaired) electrons. The Morgan fingerprint density at radius 1 is 0.964 bits per heavy atom. The Labute approximate surface area is 165 Å². The summed E-state index contributed by atoms with van der Waals surface area (Å²) < 4.78 is 51.1. The summed E-state index contributed by atoms with van der Waals surface area (Å²) in [7, 11) is -6.80. The van der Waals surface area contributed by atoms with E-state index >= 15 is 0 Å². The van der Waals surface area contributed by atoms with Gasteiger partial charge in [0.1, 0.15) is 4.90 Å². The number of piperazine rings is 2. The van der Waals surface area contributed by atoms with E-state index in [1.54, 1.807) is 11.0 Å². The van der Waals surface area contributed by atoms with E-state index < -0.39 is 20.0 Å². The molecule has 0 bridgehead atoms. The third-order valence-corrected chi connectivity index (χ3v) is 8.21. The molecule has 1 amide bonds. The van der Waals surface area contributed by atoms with E-state index in [1.807, 2.05) is 4.90 Å². The zero-order valence-corrected chi connectivity index (χ0v) is 17.4. The van der Waals surface area contributed by atoms with Gasteiger partial charge in [-0.2, -0.15) is 8.61 Å². The summed E-state index contributed by atoms with van der Waals surface area (Å²) in [5.74, 6) is -0.0586. The van der Waals surface area contributed by atoms with Crippen molar-refractivity contribution in [1.82, 2.24) is 23.4 Å². The predicted molar refractivity (Wildman–Crippen MR) is 102 cm³/mol. The van der Waals surface area contributed by atoms with Gasteiger partial charge in [-0.1, -0.05) is 0 Å². The second-order valence-electron chi connectivity index (χ2n) is 6.91. The van der Waals surface area contributed by atoms with Gasteiger partial charge in [-0.3, -0.25) is 14.7 Å². The molecule has 2 aliphatic heterocycles. The monoisotopic (exact) mass is 431 g/mol. The van der Waals surface area contributed by atoms with Crippen LogP contribution < -0.4 is 0 Å². The topological polar surface area (TPSA) is 111 Å². The molecule has 2 saturated heterocycles. The molecule has 0 N–H and O–H groups in total. The number of hydrogen-bond acceptors (Lipinski definition) is 7. The summed E-state index contributed by atoms with van der Waals surface area (Å²) in [6.07, 6.45) is 4.03. The highest BCUT2D eigenvalue weighted by molar-refractivity contribution is 7.89. The molecule has 0 spiro atoms. The fraction of sp³-hybridized carbons (Fsp3) is 0.625. The molecule has 1 aromatic heterocycles. The summed E-state index contributed by atoms with van der Waals surface area (Å²) in [4.78, 5) is 20.1. The van der Waals surface area contributed by atoms with E-state index in [9.17, 15) is 21.6 Å². The molecule has 12 heteroatoms. The Kier molecular flexibility index (Phi) is 6.34. The van der Waals surface area contributed by atoms with Crippen LogP contribution in [0.25, 0.3) is 0 Å². The van der Waals surface area contributed by atoms with Gasteiger partial charge in [-0.15, -0.1) is 0 Å². The molecule has 0 aliphatic carbocycles. The van der Waals surface area contributed by atoms with Gasteiger partial charge in [0.15, 0.2) is 0 Å². The number of hydrogen-bond donors (Lipinski definition) is 0. The van der Waals surface area contributed by atoms with Crippen LogP contribution >= 0.6 is 0 Å². The molecule has 156 valence electrons. The highest BCUT2D eigenvalue weighted by atomic mass is 32.2. The van der Waals surface area contributed by atoms with Crippen LogP contribution in [0.3, 0.4) is 0 Å². The van der Waals surface area contributed by atoms with Crippen LogP contribution in [0.4, 0.5) is 0 Å². The van der Waals surface area contributed by atoms with E-state index in [0.29, 0.717) is 52.4 Å². The lowest BCUT2D eigenvalue weighted by Crippen LogP contribution is -2.54. The van der Waals surface area contributed by atoms with Crippen LogP contribution in [0.1, 0.15) is 0 Å². The minimum atomic E-state index is -3.57. The molecule has 2 aliphatic rings. The minimum Gasteiger partial charge on any atom is -0.339 e. The number of sulfonamides is 2. The van der Waals surface area contributed by atoms with Crippen LogP contribution in [-0.4, -0.2) is 111 Å². The molecule has 2 fully saturated rings. The Bertz CT molecular complexity index is 891. The number of pyridine rings is 1. The second kappa shape index (κ2) is 8.41. The molecule has 10 nitrogen and oxygen atoms in total. The first-order valence-electron chi connectivity index (χ1n) is 9.03. The summed E-state index contributed by atoms with van der Waals surface area (Å²) in [6, 6.07) is 3.11. The lowest BCUT2D eigenvalue weighted by molar-refractivity contribution is -0.133. The number of carbonyl (C=O) groups excluding carboxylic acids is 1. The van der Waals surface area contributed by atoms with E-state index in [1.165, 1.54) is 33.3 Å². The van der Waals surface area contributed by atoms with Crippen molar-refractivity contribution in [3.05, 3.63) is 24.5 Å². The van der Waals surface area contributed by atoms with Crippen molar-refractivity contribution in [2.75, 3.05) is 65.2 Å². The maximum absolute atomic E-state index is 12.6. The van der Waals surface area contributed by atoms with Crippen molar-refractivity contribution in [3.63, 3.8) is 0 Å². The van der Waals surface area contributed by atoms with Crippen molar-refractivity contribution < 1.29 is 21.6 Å². The molecule has 28 heavy (non-hydrogen) atoms. The fourth-order valence-electron chi connectivity index (χ4n) is 3.34. The molecule has 0 unspecified atom stereocenters. The van der Waals surface area contributed by atoms with Crippen molar-refractivity contribution in [3.8, 4) is 0 Å². The number of carbonyl (C=O) groups is 1. The fourth-order valence-corrected chi connectivity index (χ4v) is 5.55.